The van der Waals surface area contributed by atoms with Gasteiger partial charge in [0.05, 0.1) is 23.7 Å². The number of hydrogen-bond donors (Lipinski definition) is 1. The highest BCUT2D eigenvalue weighted by atomic mass is 32.2. The van der Waals surface area contributed by atoms with Crippen LogP contribution in [0.5, 0.6) is 5.75 Å². The highest BCUT2D eigenvalue weighted by molar-refractivity contribution is 7.92. The number of nitrogens with zero attached hydrogens (tertiary/aromatic N) is 1. The summed E-state index contributed by atoms with van der Waals surface area (Å²) in [4.78, 5) is 13.9. The molecule has 11 heteroatoms. The summed E-state index contributed by atoms with van der Waals surface area (Å²) in [6.45, 7) is 3.47. The molecule has 2 aromatic carbocycles. The molecule has 0 aliphatic carbocycles. The van der Waals surface area contributed by atoms with E-state index in [0.29, 0.717) is 32.4 Å². The van der Waals surface area contributed by atoms with Crippen molar-refractivity contribution in [3.8, 4) is 5.75 Å². The zero-order valence-electron chi connectivity index (χ0n) is 16.6. The molecular formula is C20H21F3N2O5S. The van der Waals surface area contributed by atoms with Crippen molar-refractivity contribution in [1.29, 1.82) is 0 Å². The molecule has 0 bridgehead atoms. The van der Waals surface area contributed by atoms with Crippen LogP contribution < -0.4 is 9.46 Å². The van der Waals surface area contributed by atoms with Crippen LogP contribution >= 0.6 is 0 Å². The number of amides is 1. The number of rotatable bonds is 6. The fourth-order valence-electron chi connectivity index (χ4n) is 2.97. The van der Waals surface area contributed by atoms with E-state index in [0.717, 1.165) is 12.1 Å². The van der Waals surface area contributed by atoms with Crippen molar-refractivity contribution in [3.05, 3.63) is 54.1 Å². The van der Waals surface area contributed by atoms with Gasteiger partial charge in [-0.05, 0) is 49.4 Å². The van der Waals surface area contributed by atoms with Gasteiger partial charge in [-0.2, -0.15) is 13.2 Å². The lowest BCUT2D eigenvalue weighted by molar-refractivity contribution is -0.142. The third kappa shape index (κ3) is 5.88. The first-order valence-corrected chi connectivity index (χ1v) is 10.9. The number of carbonyl (C=O) groups excluding carboxylic acids is 1. The van der Waals surface area contributed by atoms with Crippen LogP contribution in [0.1, 0.15) is 12.5 Å². The molecule has 1 aliphatic heterocycles. The Labute approximate surface area is 177 Å². The first kappa shape index (κ1) is 22.9. The Hall–Kier alpha value is -2.79. The molecule has 0 aromatic heterocycles. The Morgan fingerprint density at radius 3 is 2.39 bits per heavy atom. The zero-order valence-corrected chi connectivity index (χ0v) is 17.4. The topological polar surface area (TPSA) is 84.9 Å². The third-order valence-corrected chi connectivity index (χ3v) is 5.96. The molecule has 1 atom stereocenters. The fraction of sp³-hybridized carbons (Fsp3) is 0.350. The van der Waals surface area contributed by atoms with Gasteiger partial charge in [0.25, 0.3) is 15.9 Å². The quantitative estimate of drug-likeness (QED) is 0.719. The van der Waals surface area contributed by atoms with Crippen molar-refractivity contribution in [2.24, 2.45) is 0 Å². The first-order valence-electron chi connectivity index (χ1n) is 9.39. The van der Waals surface area contributed by atoms with Gasteiger partial charge in [0.1, 0.15) is 5.75 Å². The minimum Gasteiger partial charge on any atom is -0.481 e. The van der Waals surface area contributed by atoms with Gasteiger partial charge in [-0.25, -0.2) is 8.42 Å². The van der Waals surface area contributed by atoms with E-state index >= 15 is 0 Å². The molecule has 1 heterocycles. The normalized spacial score (nSPS) is 15.9. The Morgan fingerprint density at radius 1 is 1.13 bits per heavy atom. The minimum absolute atomic E-state index is 0.163. The summed E-state index contributed by atoms with van der Waals surface area (Å²) >= 11 is 0. The van der Waals surface area contributed by atoms with Gasteiger partial charge in [0.15, 0.2) is 6.10 Å². The number of hydrogen-bond acceptors (Lipinski definition) is 5. The van der Waals surface area contributed by atoms with E-state index in [4.69, 9.17) is 9.47 Å². The molecule has 0 unspecified atom stereocenters. The predicted molar refractivity (Wildman–Crippen MR) is 106 cm³/mol. The maximum absolute atomic E-state index is 12.8. The fourth-order valence-corrected chi connectivity index (χ4v) is 4.02. The van der Waals surface area contributed by atoms with Crippen LogP contribution in [-0.2, 0) is 25.7 Å². The molecule has 1 saturated heterocycles. The lowest BCUT2D eigenvalue weighted by Crippen LogP contribution is -2.46. The van der Waals surface area contributed by atoms with Crippen LogP contribution in [0, 0.1) is 0 Å². The Balaban J connectivity index is 1.66. The molecule has 0 radical (unpaired) electrons. The number of nitrogens with one attached hydrogen (secondary N) is 1. The zero-order chi connectivity index (χ0) is 22.6. The Morgan fingerprint density at radius 2 is 1.77 bits per heavy atom. The summed E-state index contributed by atoms with van der Waals surface area (Å²) in [6.07, 6.45) is -5.36. The number of morpholine rings is 1. The van der Waals surface area contributed by atoms with Gasteiger partial charge in [0, 0.05) is 18.8 Å². The number of halogens is 3. The second-order valence-electron chi connectivity index (χ2n) is 6.85. The average Bonchev–Trinajstić information content (AvgIpc) is 2.73. The molecule has 0 spiro atoms. The minimum atomic E-state index is -4.59. The molecule has 2 aromatic rings. The van der Waals surface area contributed by atoms with Crippen LogP contribution in [0.2, 0.25) is 0 Å². The van der Waals surface area contributed by atoms with E-state index in [-0.39, 0.29) is 22.2 Å². The van der Waals surface area contributed by atoms with Gasteiger partial charge < -0.3 is 14.4 Å². The van der Waals surface area contributed by atoms with Gasteiger partial charge in [-0.15, -0.1) is 0 Å². The standard InChI is InChI=1S/C20H21F3N2O5S/c1-14(19(26)25-9-11-29-12-10-25)30-17-5-7-18(8-6-17)31(27,28)24-16-4-2-3-15(13-16)20(21,22)23/h2-8,13-14,24H,9-12H2,1H3/t14-/m0/s1. The Bertz CT molecular complexity index is 1020. The van der Waals surface area contributed by atoms with E-state index in [1.807, 2.05) is 0 Å². The Kier molecular flexibility index (Phi) is 6.75. The van der Waals surface area contributed by atoms with Crippen LogP contribution in [0.25, 0.3) is 0 Å². The molecule has 31 heavy (non-hydrogen) atoms. The second-order valence-corrected chi connectivity index (χ2v) is 8.54. The summed E-state index contributed by atoms with van der Waals surface area (Å²) in [7, 11) is -4.12. The van der Waals surface area contributed by atoms with E-state index in [2.05, 4.69) is 4.72 Å². The van der Waals surface area contributed by atoms with Crippen molar-refractivity contribution in [3.63, 3.8) is 0 Å². The number of anilines is 1. The average molecular weight is 458 g/mol. The van der Waals surface area contributed by atoms with Gasteiger partial charge >= 0.3 is 6.18 Å². The summed E-state index contributed by atoms with van der Waals surface area (Å²) in [5, 5.41) is 0. The van der Waals surface area contributed by atoms with Crippen molar-refractivity contribution in [2.75, 3.05) is 31.0 Å². The molecule has 7 nitrogen and oxygen atoms in total. The van der Waals surface area contributed by atoms with Crippen molar-refractivity contribution in [2.45, 2.75) is 24.1 Å². The van der Waals surface area contributed by atoms with Crippen molar-refractivity contribution in [1.82, 2.24) is 4.90 Å². The van der Waals surface area contributed by atoms with Crippen LogP contribution in [-0.4, -0.2) is 51.6 Å². The number of sulfonamides is 1. The largest absolute Gasteiger partial charge is 0.481 e. The predicted octanol–water partition coefficient (Wildman–Crippen LogP) is 3.13. The molecule has 168 valence electrons. The highest BCUT2D eigenvalue weighted by Crippen LogP contribution is 2.31. The maximum Gasteiger partial charge on any atom is 0.416 e. The SMILES string of the molecule is C[C@H](Oc1ccc(S(=O)(=O)Nc2cccc(C(F)(F)F)c2)cc1)C(=O)N1CCOCC1. The van der Waals surface area contributed by atoms with E-state index in [1.54, 1.807) is 11.8 Å². The number of ether oxygens (including phenoxy) is 2. The van der Waals surface area contributed by atoms with Crippen molar-refractivity contribution >= 4 is 21.6 Å². The van der Waals surface area contributed by atoms with E-state index in [9.17, 15) is 26.4 Å². The monoisotopic (exact) mass is 458 g/mol. The lowest BCUT2D eigenvalue weighted by atomic mass is 10.2. The smallest absolute Gasteiger partial charge is 0.416 e. The van der Waals surface area contributed by atoms with Crippen LogP contribution in [0.3, 0.4) is 0 Å². The van der Waals surface area contributed by atoms with Gasteiger partial charge in [-0.3, -0.25) is 9.52 Å². The summed E-state index contributed by atoms with van der Waals surface area (Å²) in [6, 6.07) is 9.16. The number of alkyl halides is 3. The van der Waals surface area contributed by atoms with E-state index in [1.165, 1.54) is 30.3 Å². The summed E-state index contributed by atoms with van der Waals surface area (Å²) in [5.41, 5.74) is -1.17. The van der Waals surface area contributed by atoms with Crippen LogP contribution in [0.4, 0.5) is 18.9 Å². The summed E-state index contributed by atoms with van der Waals surface area (Å²) < 4.78 is 76.4. The molecule has 3 rings (SSSR count). The lowest BCUT2D eigenvalue weighted by Gasteiger charge is -2.29. The molecule has 1 N–H and O–H groups in total. The maximum atomic E-state index is 12.8. The molecule has 1 amide bonds. The summed E-state index contributed by atoms with van der Waals surface area (Å²) in [5.74, 6) is 0.0818. The van der Waals surface area contributed by atoms with E-state index < -0.39 is 27.9 Å². The number of benzene rings is 2. The molecular weight excluding hydrogens is 437 g/mol. The second kappa shape index (κ2) is 9.15. The van der Waals surface area contributed by atoms with Crippen LogP contribution in [0.15, 0.2) is 53.4 Å². The van der Waals surface area contributed by atoms with Crippen molar-refractivity contribution < 1.29 is 35.9 Å². The van der Waals surface area contributed by atoms with Gasteiger partial charge in [0.2, 0.25) is 0 Å². The first-order chi connectivity index (χ1) is 14.6. The molecule has 1 fully saturated rings. The number of carbonyl (C=O) groups is 1. The molecule has 0 saturated carbocycles. The molecule has 1 aliphatic rings. The highest BCUT2D eigenvalue weighted by Gasteiger charge is 2.31. The van der Waals surface area contributed by atoms with Gasteiger partial charge in [-0.1, -0.05) is 6.07 Å². The third-order valence-electron chi connectivity index (χ3n) is 4.56.